The molecule has 5 nitrogen and oxygen atoms in total. The fourth-order valence-electron chi connectivity index (χ4n) is 2.14. The number of halogens is 1. The van der Waals surface area contributed by atoms with Crippen LogP contribution in [0.5, 0.6) is 0 Å². The van der Waals surface area contributed by atoms with Crippen LogP contribution in [-0.2, 0) is 19.4 Å². The third-order valence-corrected chi connectivity index (χ3v) is 4.09. The van der Waals surface area contributed by atoms with Crippen LogP contribution >= 0.6 is 15.9 Å². The van der Waals surface area contributed by atoms with Crippen LogP contribution < -0.4 is 11.3 Å². The second-order valence-electron chi connectivity index (χ2n) is 4.32. The fraction of sp³-hybridized carbons (Fsp3) is 0.462. The summed E-state index contributed by atoms with van der Waals surface area (Å²) in [6, 6.07) is 3.73. The van der Waals surface area contributed by atoms with E-state index in [2.05, 4.69) is 40.3 Å². The van der Waals surface area contributed by atoms with E-state index in [9.17, 15) is 0 Å². The van der Waals surface area contributed by atoms with Gasteiger partial charge in [0, 0.05) is 13.0 Å². The molecule has 2 rings (SSSR count). The third-order valence-electron chi connectivity index (χ3n) is 3.18. The van der Waals surface area contributed by atoms with E-state index in [-0.39, 0.29) is 6.04 Å². The van der Waals surface area contributed by atoms with Crippen LogP contribution in [0.2, 0.25) is 0 Å². The van der Waals surface area contributed by atoms with Crippen LogP contribution in [0.25, 0.3) is 0 Å². The van der Waals surface area contributed by atoms with Crippen LogP contribution in [0.15, 0.2) is 27.3 Å². The molecule has 0 aliphatic rings. The maximum atomic E-state index is 5.64. The molecule has 104 valence electrons. The smallest absolute Gasteiger partial charge is 0.122 e. The highest BCUT2D eigenvalue weighted by molar-refractivity contribution is 9.10. The van der Waals surface area contributed by atoms with Crippen LogP contribution in [0.4, 0.5) is 0 Å². The van der Waals surface area contributed by atoms with Crippen LogP contribution in [0, 0.1) is 0 Å². The first kappa shape index (κ1) is 14.3. The van der Waals surface area contributed by atoms with Gasteiger partial charge in [0.2, 0.25) is 0 Å². The predicted octanol–water partition coefficient (Wildman–Crippen LogP) is 2.57. The molecule has 1 unspecified atom stereocenters. The summed E-state index contributed by atoms with van der Waals surface area (Å²) in [5, 5.41) is 4.59. The molecule has 2 heterocycles. The van der Waals surface area contributed by atoms with Gasteiger partial charge in [-0.2, -0.15) is 5.10 Å². The summed E-state index contributed by atoms with van der Waals surface area (Å²) in [5.74, 6) is 6.47. The topological polar surface area (TPSA) is 69.0 Å². The molecule has 0 saturated carbocycles. The van der Waals surface area contributed by atoms with E-state index in [0.717, 1.165) is 41.0 Å². The first-order valence-electron chi connectivity index (χ1n) is 6.44. The molecule has 0 spiro atoms. The van der Waals surface area contributed by atoms with E-state index in [4.69, 9.17) is 10.3 Å². The Morgan fingerprint density at radius 2 is 2.32 bits per heavy atom. The summed E-state index contributed by atoms with van der Waals surface area (Å²) in [4.78, 5) is 0. The molecule has 0 aromatic carbocycles. The zero-order valence-corrected chi connectivity index (χ0v) is 12.8. The molecular weight excluding hydrogens is 308 g/mol. The summed E-state index contributed by atoms with van der Waals surface area (Å²) < 4.78 is 8.50. The van der Waals surface area contributed by atoms with Crippen molar-refractivity contribution in [1.29, 1.82) is 0 Å². The van der Waals surface area contributed by atoms with E-state index in [1.54, 1.807) is 6.26 Å². The lowest BCUT2D eigenvalue weighted by atomic mass is 10.1. The zero-order valence-electron chi connectivity index (χ0n) is 11.2. The molecule has 3 N–H and O–H groups in total. The first-order valence-corrected chi connectivity index (χ1v) is 7.24. The van der Waals surface area contributed by atoms with Crippen LogP contribution in [-0.4, -0.2) is 9.78 Å². The Balaban J connectivity index is 2.29. The van der Waals surface area contributed by atoms with Gasteiger partial charge >= 0.3 is 0 Å². The summed E-state index contributed by atoms with van der Waals surface area (Å²) in [5.41, 5.74) is 5.02. The van der Waals surface area contributed by atoms with Gasteiger partial charge in [0.05, 0.1) is 28.2 Å². The lowest BCUT2D eigenvalue weighted by Crippen LogP contribution is -2.30. The van der Waals surface area contributed by atoms with Gasteiger partial charge in [0.25, 0.3) is 0 Å². The molecule has 0 bridgehead atoms. The number of hydrazine groups is 1. The fourth-order valence-corrected chi connectivity index (χ4v) is 2.86. The highest BCUT2D eigenvalue weighted by Gasteiger charge is 2.20. The quantitative estimate of drug-likeness (QED) is 0.632. The van der Waals surface area contributed by atoms with Crippen molar-refractivity contribution in [3.8, 4) is 0 Å². The number of hydrogen-bond acceptors (Lipinski definition) is 4. The van der Waals surface area contributed by atoms with Crippen molar-refractivity contribution in [3.63, 3.8) is 0 Å². The van der Waals surface area contributed by atoms with Crippen molar-refractivity contribution in [2.45, 2.75) is 39.3 Å². The monoisotopic (exact) mass is 326 g/mol. The molecule has 0 fully saturated rings. The van der Waals surface area contributed by atoms with Crippen molar-refractivity contribution >= 4 is 15.9 Å². The zero-order chi connectivity index (χ0) is 13.8. The molecule has 0 saturated heterocycles. The van der Waals surface area contributed by atoms with E-state index in [1.165, 1.54) is 0 Å². The minimum atomic E-state index is -0.0574. The normalized spacial score (nSPS) is 12.8. The van der Waals surface area contributed by atoms with Crippen molar-refractivity contribution in [2.75, 3.05) is 0 Å². The molecule has 0 radical (unpaired) electrons. The lowest BCUT2D eigenvalue weighted by molar-refractivity contribution is 0.407. The Hall–Kier alpha value is -1.11. The molecule has 19 heavy (non-hydrogen) atoms. The molecule has 0 aliphatic heterocycles. The number of aromatic nitrogens is 2. The van der Waals surface area contributed by atoms with Crippen molar-refractivity contribution < 1.29 is 4.42 Å². The minimum Gasteiger partial charge on any atom is -0.468 e. The third kappa shape index (κ3) is 2.91. The number of nitrogens with zero attached hydrogens (tertiary/aromatic N) is 2. The van der Waals surface area contributed by atoms with E-state index < -0.39 is 0 Å². The lowest BCUT2D eigenvalue weighted by Gasteiger charge is -2.14. The number of nitrogens with one attached hydrogen (secondary N) is 1. The average Bonchev–Trinajstić information content (AvgIpc) is 3.04. The SMILES string of the molecule is CCc1nn(CC)c(CC(NN)c2ccco2)c1Br. The molecule has 2 aromatic heterocycles. The first-order chi connectivity index (χ1) is 9.21. The number of hydrogen-bond donors (Lipinski definition) is 2. The van der Waals surface area contributed by atoms with E-state index in [0.29, 0.717) is 0 Å². The maximum Gasteiger partial charge on any atom is 0.122 e. The van der Waals surface area contributed by atoms with Crippen LogP contribution in [0.1, 0.15) is 37.0 Å². The summed E-state index contributed by atoms with van der Waals surface area (Å²) in [6.45, 7) is 5.02. The Kier molecular flexibility index (Phi) is 4.79. The van der Waals surface area contributed by atoms with Crippen molar-refractivity contribution in [2.24, 2.45) is 5.84 Å². The molecule has 0 aliphatic carbocycles. The van der Waals surface area contributed by atoms with Gasteiger partial charge in [-0.05, 0) is 41.4 Å². The summed E-state index contributed by atoms with van der Waals surface area (Å²) >= 11 is 3.64. The maximum absolute atomic E-state index is 5.64. The van der Waals surface area contributed by atoms with Gasteiger partial charge in [-0.15, -0.1) is 0 Å². The summed E-state index contributed by atoms with van der Waals surface area (Å²) in [6.07, 6.45) is 3.29. The molecule has 0 amide bonds. The largest absolute Gasteiger partial charge is 0.468 e. The van der Waals surface area contributed by atoms with Crippen LogP contribution in [0.3, 0.4) is 0 Å². The van der Waals surface area contributed by atoms with Gasteiger partial charge in [-0.1, -0.05) is 6.92 Å². The number of rotatable bonds is 6. The second kappa shape index (κ2) is 6.36. The Morgan fingerprint density at radius 3 is 2.84 bits per heavy atom. The van der Waals surface area contributed by atoms with Crippen molar-refractivity contribution in [3.05, 3.63) is 40.0 Å². The Labute approximate surface area is 121 Å². The molecule has 6 heteroatoms. The predicted molar refractivity (Wildman–Crippen MR) is 77.5 cm³/mol. The number of furan rings is 1. The molecule has 1 atom stereocenters. The number of nitrogens with two attached hydrogens (primary N) is 1. The van der Waals surface area contributed by atoms with Crippen molar-refractivity contribution in [1.82, 2.24) is 15.2 Å². The highest BCUT2D eigenvalue weighted by atomic mass is 79.9. The standard InChI is InChI=1S/C13H19BrN4O/c1-3-9-13(14)11(18(4-2)17-9)8-10(16-15)12-6-5-7-19-12/h5-7,10,16H,3-4,8,15H2,1-2H3. The van der Waals surface area contributed by atoms with E-state index >= 15 is 0 Å². The Morgan fingerprint density at radius 1 is 1.53 bits per heavy atom. The highest BCUT2D eigenvalue weighted by Crippen LogP contribution is 2.27. The summed E-state index contributed by atoms with van der Waals surface area (Å²) in [7, 11) is 0. The van der Waals surface area contributed by atoms with Gasteiger partial charge in [0.15, 0.2) is 0 Å². The second-order valence-corrected chi connectivity index (χ2v) is 5.11. The van der Waals surface area contributed by atoms with Gasteiger partial charge < -0.3 is 4.42 Å². The van der Waals surface area contributed by atoms with Gasteiger partial charge in [-0.25, -0.2) is 5.43 Å². The van der Waals surface area contributed by atoms with E-state index in [1.807, 2.05) is 16.8 Å². The van der Waals surface area contributed by atoms with Gasteiger partial charge in [-0.3, -0.25) is 10.5 Å². The molecular formula is C13H19BrN4O. The minimum absolute atomic E-state index is 0.0574. The van der Waals surface area contributed by atoms with Gasteiger partial charge in [0.1, 0.15) is 5.76 Å². The molecule has 2 aromatic rings. The Bertz CT molecular complexity index is 521. The number of aryl methyl sites for hydroxylation is 2. The average molecular weight is 327 g/mol.